The number of ether oxygens (including phenoxy) is 2. The third kappa shape index (κ3) is 4.27. The summed E-state index contributed by atoms with van der Waals surface area (Å²) in [5, 5.41) is 0. The Bertz CT molecular complexity index is 1790. The second-order valence-electron chi connectivity index (χ2n) is 18.9. The van der Waals surface area contributed by atoms with Crippen molar-refractivity contribution in [2.75, 3.05) is 32.7 Å². The quantitative estimate of drug-likeness (QED) is 0.385. The van der Waals surface area contributed by atoms with Gasteiger partial charge in [0, 0.05) is 61.2 Å². The fourth-order valence-corrected chi connectivity index (χ4v) is 15.1. The Morgan fingerprint density at radius 3 is 2.58 bits per heavy atom. The van der Waals surface area contributed by atoms with Gasteiger partial charge in [-0.25, -0.2) is 4.79 Å². The molecule has 5 saturated heterocycles. The second-order valence-corrected chi connectivity index (χ2v) is 18.9. The van der Waals surface area contributed by atoms with Gasteiger partial charge in [-0.15, -0.1) is 0 Å². The van der Waals surface area contributed by atoms with Crippen LogP contribution >= 0.6 is 0 Å². The molecule has 8 nitrogen and oxygen atoms in total. The minimum Gasteiger partial charge on any atom is -0.453 e. The molecule has 13 rings (SSSR count). The number of fused-ring (bicyclic) bond motifs is 2. The lowest BCUT2D eigenvalue weighted by molar-refractivity contribution is -0.943. The molecule has 0 radical (unpaired) electrons. The molecule has 1 aromatic rings. The Kier molecular flexibility index (Phi) is 8.07. The summed E-state index contributed by atoms with van der Waals surface area (Å²) >= 11 is 0. The number of aryl methyl sites for hydroxylation is 1. The molecule has 0 amide bonds. The number of allylic oxidation sites excluding steroid dienone is 2. The topological polar surface area (TPSA) is 103 Å². The lowest BCUT2D eigenvalue weighted by Gasteiger charge is -2.72. The van der Waals surface area contributed by atoms with Gasteiger partial charge in [0.15, 0.2) is 17.5 Å². The number of piperidine rings is 2. The van der Waals surface area contributed by atoms with Crippen LogP contribution in [0.25, 0.3) is 0 Å². The first kappa shape index (κ1) is 34.7. The van der Waals surface area contributed by atoms with Gasteiger partial charge in [-0.2, -0.15) is 0 Å². The number of hydrogen-bond donors (Lipinski definition) is 2. The summed E-state index contributed by atoms with van der Waals surface area (Å²) in [6.45, 7) is 11.9. The van der Waals surface area contributed by atoms with Crippen molar-refractivity contribution in [3.8, 4) is 0 Å². The molecular weight excluding hydrogens is 663 g/mol. The van der Waals surface area contributed by atoms with Crippen LogP contribution in [0.15, 0.2) is 41.5 Å². The zero-order valence-corrected chi connectivity index (χ0v) is 32.2. The highest BCUT2D eigenvalue weighted by molar-refractivity contribution is 6.02. The van der Waals surface area contributed by atoms with Gasteiger partial charge < -0.3 is 20.1 Å². The summed E-state index contributed by atoms with van der Waals surface area (Å²) in [5.41, 5.74) is 7.93. The number of nitrogens with two attached hydrogens (primary N) is 1. The molecule has 0 aromatic heterocycles. The lowest BCUT2D eigenvalue weighted by atomic mass is 9.28. The predicted octanol–water partition coefficient (Wildman–Crippen LogP) is 4.94. The second kappa shape index (κ2) is 12.3. The SMILES string of the molecule is CCC[C@@H]1CC(=O)[C@@H]2OC(=O)[C@@]34C5=C(CC[C@@]23[C@@]2(OC(=O)c3c(CCCN)cccc32)[C@H]4CCC)[C@@H]2C(CC[C@@H](C)[C@@H]2C=C5)[NH+]2C[C@H]3C[C@@H](CN1C3)C2. The van der Waals surface area contributed by atoms with Crippen molar-refractivity contribution in [1.29, 1.82) is 0 Å². The van der Waals surface area contributed by atoms with Crippen LogP contribution in [0.3, 0.4) is 0 Å². The maximum Gasteiger partial charge on any atom is 0.339 e. The average Bonchev–Trinajstić information content (AvgIpc) is 3.61. The van der Waals surface area contributed by atoms with Crippen molar-refractivity contribution in [2.24, 2.45) is 52.1 Å². The number of carbonyl (C=O) groups is 3. The van der Waals surface area contributed by atoms with E-state index < -0.39 is 22.5 Å². The highest BCUT2D eigenvalue weighted by Crippen LogP contribution is 2.85. The Morgan fingerprint density at radius 2 is 1.83 bits per heavy atom. The Balaban J connectivity index is 1.22. The summed E-state index contributed by atoms with van der Waals surface area (Å²) in [4.78, 5) is 49.6. The van der Waals surface area contributed by atoms with Crippen LogP contribution < -0.4 is 10.6 Å². The van der Waals surface area contributed by atoms with E-state index in [1.807, 2.05) is 6.07 Å². The maximum atomic E-state index is 15.3. The van der Waals surface area contributed by atoms with E-state index >= 15 is 9.59 Å². The number of carbonyl (C=O) groups excluding carboxylic acids is 3. The first-order valence-corrected chi connectivity index (χ1v) is 21.5. The molecule has 8 heteroatoms. The largest absolute Gasteiger partial charge is 0.453 e. The van der Waals surface area contributed by atoms with Crippen LogP contribution in [0.4, 0.5) is 0 Å². The predicted molar refractivity (Wildman–Crippen MR) is 201 cm³/mol. The molecule has 1 unspecified atom stereocenters. The summed E-state index contributed by atoms with van der Waals surface area (Å²) in [5.74, 6) is 1.90. The van der Waals surface area contributed by atoms with Gasteiger partial charge in [-0.3, -0.25) is 14.5 Å². The van der Waals surface area contributed by atoms with Crippen LogP contribution in [0, 0.1) is 46.3 Å². The van der Waals surface area contributed by atoms with Crippen LogP contribution in [0.2, 0.25) is 0 Å². The van der Waals surface area contributed by atoms with E-state index in [4.69, 9.17) is 15.2 Å². The molecule has 12 atom stereocenters. The number of nitrogens with one attached hydrogen (secondary N) is 1. The monoisotopic (exact) mass is 722 g/mol. The maximum absolute atomic E-state index is 15.3. The van der Waals surface area contributed by atoms with E-state index in [9.17, 15) is 4.79 Å². The summed E-state index contributed by atoms with van der Waals surface area (Å²) < 4.78 is 13.7. The zero-order chi connectivity index (χ0) is 36.4. The third-order valence-corrected chi connectivity index (χ3v) is 16.6. The summed E-state index contributed by atoms with van der Waals surface area (Å²) in [7, 11) is 0. The smallest absolute Gasteiger partial charge is 0.339 e. The Hall–Kier alpha value is -2.81. The molecule has 8 aliphatic heterocycles. The summed E-state index contributed by atoms with van der Waals surface area (Å²) in [6, 6.07) is 6.82. The fourth-order valence-electron chi connectivity index (χ4n) is 15.1. The molecule has 284 valence electrons. The number of esters is 2. The van der Waals surface area contributed by atoms with Gasteiger partial charge in [-0.05, 0) is 80.9 Å². The molecule has 1 aromatic carbocycles. The normalized spacial score (nSPS) is 45.8. The van der Waals surface area contributed by atoms with E-state index in [1.54, 1.807) is 4.90 Å². The molecule has 53 heavy (non-hydrogen) atoms. The number of ketones is 1. The minimum atomic E-state index is -1.11. The summed E-state index contributed by atoms with van der Waals surface area (Å²) in [6.07, 6.45) is 14.4. The van der Waals surface area contributed by atoms with Gasteiger partial charge in [0.1, 0.15) is 5.41 Å². The van der Waals surface area contributed by atoms with Crippen molar-refractivity contribution in [3.05, 3.63) is 58.2 Å². The van der Waals surface area contributed by atoms with Gasteiger partial charge >= 0.3 is 11.9 Å². The molecule has 3 N–H and O–H groups in total. The standard InChI is InChI=1S/C45H59N3O5/c1-4-8-30-21-36(49)40-43-18-17-32-33(15-14-31-26(3)13-16-35(39(31)32)48-24-27-20-28(25-48)23-47(30)22-27)44(43,42(51)52-40)37(9-5-2)45(43)34-12-6-10-29(11-7-19-46)38(34)41(50)53-45/h6,10,12,14-15,26-28,30-31,35,37,39-40H,4-5,7-9,11,13,16-25,46H2,1-3H3/p+1/t26-,27+,28+,30-,31+,35?,37+,39-,40+,43-,44+,45+/m1/s1. The molecule has 12 aliphatic rings. The molecule has 7 fully saturated rings. The van der Waals surface area contributed by atoms with E-state index in [0.717, 1.165) is 61.9 Å². The number of quaternary nitrogens is 1. The van der Waals surface area contributed by atoms with E-state index in [1.165, 1.54) is 37.9 Å². The van der Waals surface area contributed by atoms with Crippen LogP contribution in [0.1, 0.15) is 113 Å². The molecule has 2 spiro atoms. The van der Waals surface area contributed by atoms with Crippen molar-refractivity contribution < 1.29 is 28.8 Å². The Morgan fingerprint density at radius 1 is 1.04 bits per heavy atom. The first-order valence-electron chi connectivity index (χ1n) is 21.5. The number of rotatable bonds is 7. The fraction of sp³-hybridized carbons (Fsp3) is 0.711. The van der Waals surface area contributed by atoms with Gasteiger partial charge in [0.05, 0.1) is 30.1 Å². The molecule has 2 saturated carbocycles. The highest BCUT2D eigenvalue weighted by atomic mass is 16.6. The molecule has 10 bridgehead atoms. The third-order valence-electron chi connectivity index (χ3n) is 16.6. The number of hydrogen-bond acceptors (Lipinski definition) is 7. The van der Waals surface area contributed by atoms with Crippen LogP contribution in [-0.4, -0.2) is 73.5 Å². The number of Topliss-reactive ketones (excluding diaryl/α,β-unsaturated/α-hetero) is 1. The van der Waals surface area contributed by atoms with E-state index in [0.29, 0.717) is 73.4 Å². The Labute approximate surface area is 315 Å². The number of nitrogens with zero attached hydrogens (tertiary/aromatic N) is 1. The zero-order valence-electron chi connectivity index (χ0n) is 32.2. The van der Waals surface area contributed by atoms with Gasteiger partial charge in [0.2, 0.25) is 0 Å². The van der Waals surface area contributed by atoms with E-state index in [-0.39, 0.29) is 29.7 Å². The lowest BCUT2D eigenvalue weighted by Crippen LogP contribution is -3.19. The average molecular weight is 723 g/mol. The highest BCUT2D eigenvalue weighted by Gasteiger charge is 2.94. The molecular formula is C45H60N3O5+. The van der Waals surface area contributed by atoms with E-state index in [2.05, 4.69) is 50.0 Å². The van der Waals surface area contributed by atoms with Crippen molar-refractivity contribution in [2.45, 2.75) is 122 Å². The number of benzene rings is 1. The minimum absolute atomic E-state index is 0.0283. The van der Waals surface area contributed by atoms with Crippen molar-refractivity contribution in [1.82, 2.24) is 4.90 Å². The van der Waals surface area contributed by atoms with Crippen LogP contribution in [-0.2, 0) is 31.1 Å². The van der Waals surface area contributed by atoms with Crippen molar-refractivity contribution >= 4 is 17.7 Å². The molecule has 8 heterocycles. The van der Waals surface area contributed by atoms with Gasteiger partial charge in [-0.1, -0.05) is 69.5 Å². The molecule has 4 aliphatic carbocycles. The van der Waals surface area contributed by atoms with Gasteiger partial charge in [0.25, 0.3) is 0 Å². The van der Waals surface area contributed by atoms with Crippen LogP contribution in [0.5, 0.6) is 0 Å². The van der Waals surface area contributed by atoms with Crippen molar-refractivity contribution in [3.63, 3.8) is 0 Å². The first-order chi connectivity index (χ1) is 25.7.